The fourth-order valence-corrected chi connectivity index (χ4v) is 1.49. The summed E-state index contributed by atoms with van der Waals surface area (Å²) in [5, 5.41) is 15.5. The SMILES string of the molecule is CCCNC(=O)CCNCc1nc(C)ccc1O. The van der Waals surface area contributed by atoms with Gasteiger partial charge in [0.2, 0.25) is 5.91 Å². The van der Waals surface area contributed by atoms with Crippen LogP contribution in [0, 0.1) is 6.92 Å². The van der Waals surface area contributed by atoms with Crippen molar-refractivity contribution < 1.29 is 9.90 Å². The lowest BCUT2D eigenvalue weighted by molar-refractivity contribution is -0.120. The first-order chi connectivity index (χ1) is 8.63. The molecule has 100 valence electrons. The first-order valence-corrected chi connectivity index (χ1v) is 6.26. The molecule has 5 heteroatoms. The number of nitrogens with one attached hydrogen (secondary N) is 2. The van der Waals surface area contributed by atoms with Gasteiger partial charge < -0.3 is 15.7 Å². The molecule has 3 N–H and O–H groups in total. The molecule has 1 aromatic heterocycles. The summed E-state index contributed by atoms with van der Waals surface area (Å²) in [7, 11) is 0. The van der Waals surface area contributed by atoms with Crippen molar-refractivity contribution >= 4 is 5.91 Å². The third-order valence-electron chi connectivity index (χ3n) is 2.48. The van der Waals surface area contributed by atoms with E-state index in [1.54, 1.807) is 12.1 Å². The molecule has 18 heavy (non-hydrogen) atoms. The second-order valence-electron chi connectivity index (χ2n) is 4.20. The number of pyridine rings is 1. The average molecular weight is 251 g/mol. The van der Waals surface area contributed by atoms with E-state index in [4.69, 9.17) is 0 Å². The van der Waals surface area contributed by atoms with Gasteiger partial charge in [0.25, 0.3) is 0 Å². The van der Waals surface area contributed by atoms with Crippen molar-refractivity contribution in [3.05, 3.63) is 23.5 Å². The van der Waals surface area contributed by atoms with Gasteiger partial charge in [0.05, 0.1) is 5.69 Å². The lowest BCUT2D eigenvalue weighted by Gasteiger charge is -2.07. The first kappa shape index (κ1) is 14.4. The molecule has 5 nitrogen and oxygen atoms in total. The Morgan fingerprint density at radius 2 is 2.17 bits per heavy atom. The number of aromatic nitrogens is 1. The number of hydrogen-bond donors (Lipinski definition) is 3. The molecule has 0 saturated carbocycles. The smallest absolute Gasteiger partial charge is 0.221 e. The summed E-state index contributed by atoms with van der Waals surface area (Å²) in [6.07, 6.45) is 1.38. The van der Waals surface area contributed by atoms with E-state index in [2.05, 4.69) is 15.6 Å². The molecular formula is C13H21N3O2. The quantitative estimate of drug-likeness (QED) is 0.634. The zero-order chi connectivity index (χ0) is 13.4. The van der Waals surface area contributed by atoms with Crippen molar-refractivity contribution in [2.24, 2.45) is 0 Å². The van der Waals surface area contributed by atoms with Crippen molar-refractivity contribution in [2.75, 3.05) is 13.1 Å². The van der Waals surface area contributed by atoms with Gasteiger partial charge in [-0.3, -0.25) is 9.78 Å². The van der Waals surface area contributed by atoms with E-state index in [0.29, 0.717) is 25.2 Å². The van der Waals surface area contributed by atoms with Gasteiger partial charge in [0.15, 0.2) is 0 Å². The maximum atomic E-state index is 11.3. The summed E-state index contributed by atoms with van der Waals surface area (Å²) >= 11 is 0. The second-order valence-corrected chi connectivity index (χ2v) is 4.20. The van der Waals surface area contributed by atoms with Gasteiger partial charge >= 0.3 is 0 Å². The van der Waals surface area contributed by atoms with Crippen LogP contribution in [0.2, 0.25) is 0 Å². The summed E-state index contributed by atoms with van der Waals surface area (Å²) in [5.74, 6) is 0.231. The van der Waals surface area contributed by atoms with Crippen molar-refractivity contribution in [2.45, 2.75) is 33.2 Å². The molecule has 0 aromatic carbocycles. The van der Waals surface area contributed by atoms with E-state index in [-0.39, 0.29) is 11.7 Å². The highest BCUT2D eigenvalue weighted by Crippen LogP contribution is 2.13. The molecule has 0 aliphatic heterocycles. The summed E-state index contributed by atoms with van der Waals surface area (Å²) in [6, 6.07) is 3.39. The van der Waals surface area contributed by atoms with Crippen LogP contribution in [0.15, 0.2) is 12.1 Å². The molecule has 0 spiro atoms. The highest BCUT2D eigenvalue weighted by Gasteiger charge is 2.03. The Morgan fingerprint density at radius 1 is 1.39 bits per heavy atom. The van der Waals surface area contributed by atoms with Crippen LogP contribution >= 0.6 is 0 Å². The van der Waals surface area contributed by atoms with Crippen LogP contribution in [0.3, 0.4) is 0 Å². The summed E-state index contributed by atoms with van der Waals surface area (Å²) in [6.45, 7) is 5.66. The lowest BCUT2D eigenvalue weighted by atomic mass is 10.3. The van der Waals surface area contributed by atoms with Crippen LogP contribution in [0.1, 0.15) is 31.2 Å². The maximum absolute atomic E-state index is 11.3. The summed E-state index contributed by atoms with van der Waals surface area (Å²) in [4.78, 5) is 15.5. The predicted octanol–water partition coefficient (Wildman–Crippen LogP) is 1.10. The second kappa shape index (κ2) is 7.66. The van der Waals surface area contributed by atoms with Crippen molar-refractivity contribution in [1.29, 1.82) is 0 Å². The molecule has 0 bridgehead atoms. The first-order valence-electron chi connectivity index (χ1n) is 6.26. The van der Waals surface area contributed by atoms with E-state index in [9.17, 15) is 9.90 Å². The maximum Gasteiger partial charge on any atom is 0.221 e. The Bertz CT molecular complexity index is 394. The van der Waals surface area contributed by atoms with Crippen LogP contribution in [0.25, 0.3) is 0 Å². The summed E-state index contributed by atoms with van der Waals surface area (Å²) in [5.41, 5.74) is 1.48. The zero-order valence-corrected chi connectivity index (χ0v) is 11.0. The Balaban J connectivity index is 2.25. The summed E-state index contributed by atoms with van der Waals surface area (Å²) < 4.78 is 0. The van der Waals surface area contributed by atoms with E-state index in [0.717, 1.165) is 18.7 Å². The molecule has 0 aliphatic rings. The number of aryl methyl sites for hydroxylation is 1. The van der Waals surface area contributed by atoms with Crippen molar-refractivity contribution in [1.82, 2.24) is 15.6 Å². The van der Waals surface area contributed by atoms with Crippen LogP contribution in [-0.4, -0.2) is 29.1 Å². The van der Waals surface area contributed by atoms with Crippen LogP contribution in [0.4, 0.5) is 0 Å². The van der Waals surface area contributed by atoms with Gasteiger partial charge in [-0.15, -0.1) is 0 Å². The molecule has 1 aromatic rings. The van der Waals surface area contributed by atoms with Gasteiger partial charge in [-0.1, -0.05) is 6.92 Å². The molecule has 1 rings (SSSR count). The number of aromatic hydroxyl groups is 1. The number of hydrogen-bond acceptors (Lipinski definition) is 4. The third-order valence-corrected chi connectivity index (χ3v) is 2.48. The van der Waals surface area contributed by atoms with Gasteiger partial charge in [-0.2, -0.15) is 0 Å². The number of rotatable bonds is 7. The van der Waals surface area contributed by atoms with Gasteiger partial charge in [-0.05, 0) is 25.5 Å². The molecule has 1 amide bonds. The molecule has 0 fully saturated rings. The number of carbonyl (C=O) groups excluding carboxylic acids is 1. The molecule has 0 saturated heterocycles. The predicted molar refractivity (Wildman–Crippen MR) is 70.3 cm³/mol. The fraction of sp³-hybridized carbons (Fsp3) is 0.538. The Kier molecular flexibility index (Phi) is 6.14. The number of nitrogens with zero attached hydrogens (tertiary/aromatic N) is 1. The normalized spacial score (nSPS) is 10.3. The van der Waals surface area contributed by atoms with E-state index in [1.165, 1.54) is 0 Å². The third kappa shape index (κ3) is 5.14. The molecular weight excluding hydrogens is 230 g/mol. The van der Waals surface area contributed by atoms with E-state index in [1.807, 2.05) is 13.8 Å². The number of carbonyl (C=O) groups is 1. The monoisotopic (exact) mass is 251 g/mol. The molecule has 0 radical (unpaired) electrons. The zero-order valence-electron chi connectivity index (χ0n) is 11.0. The van der Waals surface area contributed by atoms with E-state index < -0.39 is 0 Å². The van der Waals surface area contributed by atoms with E-state index >= 15 is 0 Å². The average Bonchev–Trinajstić information content (AvgIpc) is 2.36. The Morgan fingerprint density at radius 3 is 2.89 bits per heavy atom. The van der Waals surface area contributed by atoms with Crippen LogP contribution in [-0.2, 0) is 11.3 Å². The minimum atomic E-state index is 0.0470. The fourth-order valence-electron chi connectivity index (χ4n) is 1.49. The molecule has 1 heterocycles. The minimum absolute atomic E-state index is 0.0470. The largest absolute Gasteiger partial charge is 0.506 e. The Labute approximate surface area is 108 Å². The molecule has 0 atom stereocenters. The van der Waals surface area contributed by atoms with Gasteiger partial charge in [-0.25, -0.2) is 0 Å². The van der Waals surface area contributed by atoms with Crippen LogP contribution < -0.4 is 10.6 Å². The number of amides is 1. The highest BCUT2D eigenvalue weighted by atomic mass is 16.3. The molecule has 0 aliphatic carbocycles. The molecule has 0 unspecified atom stereocenters. The standard InChI is InChI=1S/C13H21N3O2/c1-3-7-15-13(18)6-8-14-9-11-12(17)5-4-10(2)16-11/h4-5,14,17H,3,6-9H2,1-2H3,(H,15,18). The Hall–Kier alpha value is -1.62. The van der Waals surface area contributed by atoms with Crippen LogP contribution in [0.5, 0.6) is 5.75 Å². The van der Waals surface area contributed by atoms with Crippen molar-refractivity contribution in [3.8, 4) is 5.75 Å². The topological polar surface area (TPSA) is 74.2 Å². The highest BCUT2D eigenvalue weighted by molar-refractivity contribution is 5.75. The van der Waals surface area contributed by atoms with Crippen molar-refractivity contribution in [3.63, 3.8) is 0 Å². The minimum Gasteiger partial charge on any atom is -0.506 e. The van der Waals surface area contributed by atoms with Gasteiger partial charge in [0, 0.05) is 31.7 Å². The lowest BCUT2D eigenvalue weighted by Crippen LogP contribution is -2.28. The van der Waals surface area contributed by atoms with Gasteiger partial charge in [0.1, 0.15) is 5.75 Å².